The molecule has 1 heterocycles. The third kappa shape index (κ3) is 5.57. The summed E-state index contributed by atoms with van der Waals surface area (Å²) in [6.45, 7) is 3.47. The average molecular weight is 439 g/mol. The Balaban J connectivity index is 1.27. The molecule has 1 aliphatic rings. The maximum Gasteiger partial charge on any atom is 0.224 e. The molecule has 5 heteroatoms. The van der Waals surface area contributed by atoms with Crippen LogP contribution in [-0.4, -0.2) is 36.2 Å². The lowest BCUT2D eigenvalue weighted by Crippen LogP contribution is -2.43. The van der Waals surface area contributed by atoms with Gasteiger partial charge in [-0.15, -0.1) is 11.8 Å². The van der Waals surface area contributed by atoms with Gasteiger partial charge in [0.15, 0.2) is 0 Å². The van der Waals surface area contributed by atoms with E-state index >= 15 is 0 Å². The van der Waals surface area contributed by atoms with E-state index in [9.17, 15) is 4.79 Å². The molecule has 3 nitrogen and oxygen atoms in total. The van der Waals surface area contributed by atoms with Gasteiger partial charge < -0.3 is 5.32 Å². The first kappa shape index (κ1) is 21.2. The molecule has 0 aliphatic carbocycles. The number of carbonyl (C=O) groups is 1. The summed E-state index contributed by atoms with van der Waals surface area (Å²) in [4.78, 5) is 16.3. The first-order valence-corrected chi connectivity index (χ1v) is 11.9. The number of nitrogens with zero attached hydrogens (tertiary/aromatic N) is 1. The molecule has 0 aromatic heterocycles. The number of carbonyl (C=O) groups excluding carboxylic acids is 1. The molecule has 3 aromatic carbocycles. The summed E-state index contributed by atoms with van der Waals surface area (Å²) < 4.78 is 0. The molecular formula is C25H27ClN2OS. The van der Waals surface area contributed by atoms with E-state index in [0.29, 0.717) is 6.54 Å². The van der Waals surface area contributed by atoms with E-state index < -0.39 is 0 Å². The van der Waals surface area contributed by atoms with Gasteiger partial charge in [-0.2, -0.15) is 0 Å². The van der Waals surface area contributed by atoms with E-state index in [0.717, 1.165) is 43.3 Å². The highest BCUT2D eigenvalue weighted by Gasteiger charge is 2.25. The number of likely N-dealkylation sites (tertiary alicyclic amines) is 1. The smallest absolute Gasteiger partial charge is 0.224 e. The number of hydrogen-bond donors (Lipinski definition) is 1. The van der Waals surface area contributed by atoms with Crippen molar-refractivity contribution in [1.29, 1.82) is 0 Å². The van der Waals surface area contributed by atoms with Gasteiger partial charge in [0.25, 0.3) is 0 Å². The third-order valence-corrected chi connectivity index (χ3v) is 6.90. The lowest BCUT2D eigenvalue weighted by molar-refractivity contribution is -0.126. The van der Waals surface area contributed by atoms with E-state index in [1.54, 1.807) is 11.8 Å². The Labute approximate surface area is 187 Å². The Morgan fingerprint density at radius 3 is 2.73 bits per heavy atom. The molecule has 1 N–H and O–H groups in total. The largest absolute Gasteiger partial charge is 0.355 e. The molecule has 1 aliphatic heterocycles. The molecule has 0 spiro atoms. The zero-order valence-corrected chi connectivity index (χ0v) is 18.6. The van der Waals surface area contributed by atoms with Crippen molar-refractivity contribution in [3.05, 3.63) is 77.3 Å². The highest BCUT2D eigenvalue weighted by molar-refractivity contribution is 7.99. The van der Waals surface area contributed by atoms with Gasteiger partial charge in [0.05, 0.1) is 5.92 Å². The van der Waals surface area contributed by atoms with Crippen molar-refractivity contribution < 1.29 is 4.79 Å². The van der Waals surface area contributed by atoms with Gasteiger partial charge in [0, 0.05) is 35.3 Å². The van der Waals surface area contributed by atoms with Crippen LogP contribution in [0.15, 0.2) is 71.6 Å². The number of thioether (sulfide) groups is 1. The minimum absolute atomic E-state index is 0.0780. The summed E-state index contributed by atoms with van der Waals surface area (Å²) in [6, 6.07) is 22.9. The van der Waals surface area contributed by atoms with Crippen molar-refractivity contribution in [2.24, 2.45) is 5.92 Å². The monoisotopic (exact) mass is 438 g/mol. The van der Waals surface area contributed by atoms with Crippen molar-refractivity contribution in [3.8, 4) is 0 Å². The predicted octanol–water partition coefficient (Wildman–Crippen LogP) is 5.61. The maximum absolute atomic E-state index is 12.7. The number of piperidine rings is 1. The summed E-state index contributed by atoms with van der Waals surface area (Å²) in [7, 11) is 0. The van der Waals surface area contributed by atoms with Crippen LogP contribution >= 0.6 is 23.4 Å². The number of halogens is 1. The van der Waals surface area contributed by atoms with Crippen molar-refractivity contribution >= 4 is 40.0 Å². The predicted molar refractivity (Wildman–Crippen MR) is 127 cm³/mol. The number of hydrogen-bond acceptors (Lipinski definition) is 3. The van der Waals surface area contributed by atoms with Gasteiger partial charge >= 0.3 is 0 Å². The minimum Gasteiger partial charge on any atom is -0.355 e. The van der Waals surface area contributed by atoms with Gasteiger partial charge in [0.2, 0.25) is 5.91 Å². The van der Waals surface area contributed by atoms with Gasteiger partial charge in [0.1, 0.15) is 0 Å². The standard InChI is InChI=1S/C25H27ClN2OS/c26-22-10-12-23(13-11-22)30-16-14-27-25(29)21-8-4-15-28(18-21)17-20-7-3-6-19-5-1-2-9-24(19)20/h1-3,5-7,9-13,21H,4,8,14-18H2,(H,27,29). The molecule has 30 heavy (non-hydrogen) atoms. The highest BCUT2D eigenvalue weighted by Crippen LogP contribution is 2.24. The SMILES string of the molecule is O=C(NCCSc1ccc(Cl)cc1)C1CCCN(Cc2cccc3ccccc23)C1. The van der Waals surface area contributed by atoms with Gasteiger partial charge in [-0.1, -0.05) is 54.1 Å². The van der Waals surface area contributed by atoms with Crippen LogP contribution in [0, 0.1) is 5.92 Å². The average Bonchev–Trinajstić information content (AvgIpc) is 2.78. The first-order chi connectivity index (χ1) is 14.7. The molecule has 1 fully saturated rings. The Morgan fingerprint density at radius 1 is 1.07 bits per heavy atom. The van der Waals surface area contributed by atoms with Crippen LogP contribution in [0.1, 0.15) is 18.4 Å². The number of fused-ring (bicyclic) bond motifs is 1. The molecule has 0 bridgehead atoms. The second-order valence-corrected chi connectivity index (χ2v) is 9.41. The Morgan fingerprint density at radius 2 is 1.87 bits per heavy atom. The minimum atomic E-state index is 0.0780. The Kier molecular flexibility index (Phi) is 7.32. The van der Waals surface area contributed by atoms with Crippen molar-refractivity contribution in [1.82, 2.24) is 10.2 Å². The van der Waals surface area contributed by atoms with Gasteiger partial charge in [-0.25, -0.2) is 0 Å². The molecule has 0 radical (unpaired) electrons. The topological polar surface area (TPSA) is 32.3 Å². The highest BCUT2D eigenvalue weighted by atomic mass is 35.5. The fourth-order valence-corrected chi connectivity index (χ4v) is 5.00. The number of nitrogens with one attached hydrogen (secondary N) is 1. The van der Waals surface area contributed by atoms with Crippen LogP contribution in [0.5, 0.6) is 0 Å². The molecule has 1 atom stereocenters. The molecule has 1 unspecified atom stereocenters. The number of amides is 1. The molecule has 0 saturated carbocycles. The summed E-state index contributed by atoms with van der Waals surface area (Å²) in [5.41, 5.74) is 1.34. The molecule has 1 saturated heterocycles. The Hall–Kier alpha value is -2.01. The quantitative estimate of drug-likeness (QED) is 0.384. The summed E-state index contributed by atoms with van der Waals surface area (Å²) in [6.07, 6.45) is 2.05. The molecular weight excluding hydrogens is 412 g/mol. The van der Waals surface area contributed by atoms with Crippen LogP contribution in [0.3, 0.4) is 0 Å². The molecule has 1 amide bonds. The number of rotatable bonds is 7. The van der Waals surface area contributed by atoms with Gasteiger partial charge in [-0.05, 0) is 60.0 Å². The summed E-state index contributed by atoms with van der Waals surface area (Å²) in [5, 5.41) is 6.47. The van der Waals surface area contributed by atoms with E-state index in [1.807, 2.05) is 24.3 Å². The lowest BCUT2D eigenvalue weighted by atomic mass is 9.96. The zero-order chi connectivity index (χ0) is 20.8. The van der Waals surface area contributed by atoms with Crippen LogP contribution < -0.4 is 5.32 Å². The van der Waals surface area contributed by atoms with E-state index in [1.165, 1.54) is 21.2 Å². The van der Waals surface area contributed by atoms with Crippen molar-refractivity contribution in [3.63, 3.8) is 0 Å². The summed E-state index contributed by atoms with van der Waals surface area (Å²) >= 11 is 7.66. The van der Waals surface area contributed by atoms with Crippen molar-refractivity contribution in [2.75, 3.05) is 25.4 Å². The lowest BCUT2D eigenvalue weighted by Gasteiger charge is -2.32. The third-order valence-electron chi connectivity index (χ3n) is 5.63. The Bertz CT molecular complexity index is 987. The normalized spacial score (nSPS) is 17.2. The van der Waals surface area contributed by atoms with Crippen LogP contribution in [0.2, 0.25) is 5.02 Å². The van der Waals surface area contributed by atoms with E-state index in [-0.39, 0.29) is 11.8 Å². The van der Waals surface area contributed by atoms with E-state index in [4.69, 9.17) is 11.6 Å². The molecule has 4 rings (SSSR count). The van der Waals surface area contributed by atoms with Crippen LogP contribution in [0.4, 0.5) is 0 Å². The van der Waals surface area contributed by atoms with Gasteiger partial charge in [-0.3, -0.25) is 9.69 Å². The fraction of sp³-hybridized carbons (Fsp3) is 0.320. The van der Waals surface area contributed by atoms with Crippen LogP contribution in [-0.2, 0) is 11.3 Å². The number of benzene rings is 3. The van der Waals surface area contributed by atoms with Crippen LogP contribution in [0.25, 0.3) is 10.8 Å². The zero-order valence-electron chi connectivity index (χ0n) is 17.0. The van der Waals surface area contributed by atoms with Crippen molar-refractivity contribution in [2.45, 2.75) is 24.3 Å². The first-order valence-electron chi connectivity index (χ1n) is 10.5. The second kappa shape index (κ2) is 10.3. The molecule has 3 aromatic rings. The maximum atomic E-state index is 12.7. The second-order valence-electron chi connectivity index (χ2n) is 7.81. The summed E-state index contributed by atoms with van der Waals surface area (Å²) in [5.74, 6) is 1.13. The fourth-order valence-electron chi connectivity index (χ4n) is 4.10. The van der Waals surface area contributed by atoms with E-state index in [2.05, 4.69) is 52.7 Å². The molecule has 156 valence electrons.